The zero-order valence-corrected chi connectivity index (χ0v) is 69.2. The standard InChI is InChI=1S/C45H54N8O8.C43H51N7O6/c1-22(2)37(50-44(56)59-7)43(55)53-24(4)9-14-34(53)41-47-32-13-11-26-17-31-29-12-10-27(16-28(29)21-61-36(31)18-30(26)39(32)49-41)33-19-46-40(48-33)35-15-23(3)20-52(35)42(54)38(25(5)58-6)51-45(57)60-8;1-22(2)36(48-41(52)54-8)40(51)50-24(4)9-14-33(50)39-45-31-13-11-25-17-30-28-12-10-26(16-27(28)21-55-35(30)18-29(25)37(31)47-39)32-19-44-38(46-32)34-15-23(3)20-49(34)42(53)56-43(5,6)7/h10-13,16-19,22-25,34-35,37-38H,9,14-15,20-21H2,1-8H3,(H,46,48)(H,47,49)(H,50,56)(H,51,57);10-13,16-19,22-24,33-34,36H,9,14-15,20-21H2,1-8H3,(H,44,46)(H,45,47)(H,48,52)/t23-,24-,25?,34-,35?,37-,38-;23-,24-,33-,34?,36-/m00/s1. The number of nitrogens with zero attached hydrogens (tertiary/aromatic N) is 8. The Morgan fingerprint density at radius 1 is 0.487 bits per heavy atom. The van der Waals surface area contributed by atoms with Crippen LogP contribution >= 0.6 is 0 Å². The molecular formula is C88H105N15O14. The summed E-state index contributed by atoms with van der Waals surface area (Å²) in [5.74, 6) is 4.15. The van der Waals surface area contributed by atoms with Crippen molar-refractivity contribution in [2.24, 2.45) is 23.7 Å². The maximum Gasteiger partial charge on any atom is 0.410 e. The van der Waals surface area contributed by atoms with Crippen LogP contribution in [0.25, 0.3) is 88.4 Å². The summed E-state index contributed by atoms with van der Waals surface area (Å²) in [5.41, 5.74) is 12.7. The van der Waals surface area contributed by atoms with Crippen molar-refractivity contribution in [3.8, 4) is 56.3 Å². The monoisotopic (exact) mass is 1600 g/mol. The lowest BCUT2D eigenvalue weighted by atomic mass is 9.92. The Morgan fingerprint density at radius 3 is 1.33 bits per heavy atom. The van der Waals surface area contributed by atoms with Gasteiger partial charge in [0.15, 0.2) is 0 Å². The number of nitrogens with one attached hydrogen (secondary N) is 7. The number of fused-ring (bicyclic) bond motifs is 12. The van der Waals surface area contributed by atoms with Crippen LogP contribution in [0.5, 0.6) is 11.5 Å². The Bertz CT molecular complexity index is 5500. The fraction of sp³-hybridized carbons (Fsp3) is 0.466. The van der Waals surface area contributed by atoms with E-state index >= 15 is 0 Å². The van der Waals surface area contributed by atoms with Crippen molar-refractivity contribution >= 4 is 85.7 Å². The highest BCUT2D eigenvalue weighted by molar-refractivity contribution is 6.08. The number of alkyl carbamates (subject to hydrolysis) is 3. The number of aromatic nitrogens is 8. The predicted octanol–water partition coefficient (Wildman–Crippen LogP) is 15.2. The normalized spacial score (nSPS) is 21.2. The van der Waals surface area contributed by atoms with E-state index in [1.807, 2.05) is 90.4 Å². The van der Waals surface area contributed by atoms with E-state index in [9.17, 15) is 33.6 Å². The quantitative estimate of drug-likeness (QED) is 0.0442. The highest BCUT2D eigenvalue weighted by Crippen LogP contribution is 2.48. The van der Waals surface area contributed by atoms with Crippen molar-refractivity contribution in [1.82, 2.24) is 75.4 Å². The van der Waals surface area contributed by atoms with Gasteiger partial charge in [0.05, 0.1) is 97.4 Å². The maximum absolute atomic E-state index is 14.0. The molecule has 3 unspecified atom stereocenters. The Balaban J connectivity index is 0.000000184. The number of ether oxygens (including phenoxy) is 7. The molecule has 4 aromatic heterocycles. The highest BCUT2D eigenvalue weighted by Gasteiger charge is 2.46. The second-order valence-corrected chi connectivity index (χ2v) is 34.0. The first-order valence-corrected chi connectivity index (χ1v) is 40.5. The van der Waals surface area contributed by atoms with E-state index in [0.717, 1.165) is 155 Å². The van der Waals surface area contributed by atoms with Gasteiger partial charge in [-0.05, 0) is 196 Å². The minimum Gasteiger partial charge on any atom is -0.488 e. The molecule has 0 radical (unpaired) electrons. The molecule has 616 valence electrons. The van der Waals surface area contributed by atoms with Gasteiger partial charge in [-0.1, -0.05) is 77.9 Å². The largest absolute Gasteiger partial charge is 0.488 e. The first-order chi connectivity index (χ1) is 56.0. The molecule has 117 heavy (non-hydrogen) atoms. The molecule has 29 nitrogen and oxygen atoms in total. The summed E-state index contributed by atoms with van der Waals surface area (Å²) in [4.78, 5) is 132. The van der Waals surface area contributed by atoms with Crippen molar-refractivity contribution in [1.29, 1.82) is 0 Å². The van der Waals surface area contributed by atoms with Crippen molar-refractivity contribution < 1.29 is 66.7 Å². The third-order valence-corrected chi connectivity index (χ3v) is 23.9. The van der Waals surface area contributed by atoms with Crippen molar-refractivity contribution in [2.45, 2.75) is 201 Å². The van der Waals surface area contributed by atoms with Crippen LogP contribution in [0.4, 0.5) is 19.2 Å². The lowest BCUT2D eigenvalue weighted by Crippen LogP contribution is -2.54. The number of benzene rings is 6. The average Bonchev–Trinajstić information content (AvgIpc) is 1.48. The molecule has 12 atom stereocenters. The molecule has 0 saturated carbocycles. The molecule has 4 saturated heterocycles. The van der Waals surface area contributed by atoms with Gasteiger partial charge in [-0.15, -0.1) is 0 Å². The van der Waals surface area contributed by atoms with Gasteiger partial charge in [0.25, 0.3) is 0 Å². The summed E-state index contributed by atoms with van der Waals surface area (Å²) in [6.07, 6.45) is 5.45. The predicted molar refractivity (Wildman–Crippen MR) is 440 cm³/mol. The zero-order chi connectivity index (χ0) is 82.9. The number of likely N-dealkylation sites (tertiary alicyclic amines) is 4. The fourth-order valence-electron chi connectivity index (χ4n) is 17.8. The minimum absolute atomic E-state index is 0.0138. The van der Waals surface area contributed by atoms with Crippen molar-refractivity contribution in [3.05, 3.63) is 132 Å². The number of hydrogen-bond donors (Lipinski definition) is 7. The van der Waals surface area contributed by atoms with Crippen LogP contribution in [-0.2, 0) is 51.3 Å². The number of imidazole rings is 4. The van der Waals surface area contributed by atoms with Crippen LogP contribution in [0.15, 0.2) is 97.3 Å². The van der Waals surface area contributed by atoms with Crippen LogP contribution in [-0.4, -0.2) is 185 Å². The molecule has 0 spiro atoms. The third kappa shape index (κ3) is 15.7. The number of carbonyl (C=O) groups is 7. The van der Waals surface area contributed by atoms with Gasteiger partial charge in [0, 0.05) is 54.2 Å². The van der Waals surface area contributed by atoms with E-state index in [1.54, 1.807) is 22.9 Å². The molecule has 16 rings (SSSR count). The van der Waals surface area contributed by atoms with Gasteiger partial charge in [0.2, 0.25) is 17.7 Å². The van der Waals surface area contributed by atoms with E-state index < -0.39 is 48.1 Å². The van der Waals surface area contributed by atoms with Gasteiger partial charge >= 0.3 is 24.4 Å². The Hall–Kier alpha value is -11.8. The van der Waals surface area contributed by atoms with Crippen LogP contribution in [0.1, 0.15) is 180 Å². The second-order valence-electron chi connectivity index (χ2n) is 34.0. The summed E-state index contributed by atoms with van der Waals surface area (Å²) in [6, 6.07) is 25.9. The van der Waals surface area contributed by atoms with Crippen LogP contribution in [0.3, 0.4) is 0 Å². The molecule has 10 aromatic rings. The summed E-state index contributed by atoms with van der Waals surface area (Å²) in [7, 11) is 5.35. The summed E-state index contributed by atoms with van der Waals surface area (Å²) in [6.45, 7) is 25.3. The molecule has 29 heteroatoms. The van der Waals surface area contributed by atoms with Gasteiger partial charge in [-0.25, -0.2) is 39.1 Å². The molecule has 6 aliphatic heterocycles. The lowest BCUT2D eigenvalue weighted by Gasteiger charge is -2.32. The van der Waals surface area contributed by atoms with Crippen LogP contribution < -0.4 is 25.4 Å². The number of aromatic amines is 4. The minimum atomic E-state index is -0.922. The van der Waals surface area contributed by atoms with Crippen LogP contribution in [0.2, 0.25) is 0 Å². The number of amides is 7. The molecule has 10 heterocycles. The highest BCUT2D eigenvalue weighted by atomic mass is 16.6. The first kappa shape index (κ1) is 80.4. The van der Waals surface area contributed by atoms with Crippen LogP contribution in [0, 0.1) is 23.7 Å². The van der Waals surface area contributed by atoms with E-state index in [-0.39, 0.29) is 77.8 Å². The number of H-pyrrole nitrogens is 4. The van der Waals surface area contributed by atoms with Gasteiger partial charge in [-0.2, -0.15) is 0 Å². The van der Waals surface area contributed by atoms with E-state index in [2.05, 4.69) is 123 Å². The van der Waals surface area contributed by atoms with Gasteiger partial charge in [0.1, 0.15) is 71.7 Å². The van der Waals surface area contributed by atoms with Crippen molar-refractivity contribution in [2.75, 3.05) is 41.5 Å². The van der Waals surface area contributed by atoms with Gasteiger partial charge < -0.3 is 83.7 Å². The molecule has 7 N–H and O–H groups in total. The lowest BCUT2D eigenvalue weighted by molar-refractivity contribution is -0.138. The number of rotatable bonds is 16. The Kier molecular flexibility index (Phi) is 22.3. The summed E-state index contributed by atoms with van der Waals surface area (Å²) in [5, 5.41) is 12.1. The molecule has 6 aliphatic rings. The smallest absolute Gasteiger partial charge is 0.410 e. The molecule has 0 bridgehead atoms. The fourth-order valence-corrected chi connectivity index (χ4v) is 17.8. The number of hydrogen-bond acceptors (Lipinski definition) is 18. The molecular weight excluding hydrogens is 1490 g/mol. The van der Waals surface area contributed by atoms with E-state index in [4.69, 9.17) is 53.1 Å². The average molecular weight is 1600 g/mol. The van der Waals surface area contributed by atoms with Gasteiger partial charge in [-0.3, -0.25) is 19.3 Å². The number of methoxy groups -OCH3 is 4. The second kappa shape index (κ2) is 32.4. The van der Waals surface area contributed by atoms with E-state index in [0.29, 0.717) is 50.3 Å². The van der Waals surface area contributed by atoms with Crippen molar-refractivity contribution in [3.63, 3.8) is 0 Å². The molecule has 7 amide bonds. The summed E-state index contributed by atoms with van der Waals surface area (Å²) >= 11 is 0. The Labute approximate surface area is 678 Å². The maximum atomic E-state index is 14.0. The molecule has 6 aromatic carbocycles. The number of carbonyl (C=O) groups excluding carboxylic acids is 7. The SMILES string of the molecule is COC(=O)N[C@H](C(=O)N1[C@@H](C)CC[C@H]1c1nc2c(ccc3cc4c(cc32)OCc2cc(-c3cnc(C5C[C@H](C)CN5C(=O)OC(C)(C)C)[nH]3)ccc2-4)[nH]1)C(C)C.COC(=O)N[C@H](C(=O)N1[C@@H](C)CC[C@H]1c1nc2c(ccc3cc4c(cc32)OCc2cc(-c3cnc(C5C[C@H](C)CN5C(=O)[C@@H](NC(=O)OC)C(C)OC)[nH]3)ccc2-4)[nH]1)C(C)C. The zero-order valence-electron chi connectivity index (χ0n) is 69.2. The molecule has 4 fully saturated rings. The first-order valence-electron chi connectivity index (χ1n) is 40.5. The summed E-state index contributed by atoms with van der Waals surface area (Å²) < 4.78 is 38.4. The Morgan fingerprint density at radius 2 is 0.915 bits per heavy atom. The third-order valence-electron chi connectivity index (χ3n) is 23.9. The van der Waals surface area contributed by atoms with E-state index in [1.165, 1.54) is 28.4 Å². The topological polar surface area (TPSA) is 348 Å². The molecule has 0 aliphatic carbocycles.